The Morgan fingerprint density at radius 1 is 1.43 bits per heavy atom. The van der Waals surface area contributed by atoms with Gasteiger partial charge in [0.15, 0.2) is 5.16 Å². The van der Waals surface area contributed by atoms with Crippen molar-refractivity contribution in [1.29, 1.82) is 0 Å². The van der Waals surface area contributed by atoms with Gasteiger partial charge >= 0.3 is 12.0 Å². The van der Waals surface area contributed by atoms with Crippen LogP contribution in [0.3, 0.4) is 0 Å². The fourth-order valence-electron chi connectivity index (χ4n) is 2.96. The number of aromatic nitrogens is 3. The van der Waals surface area contributed by atoms with Crippen LogP contribution < -0.4 is 10.6 Å². The minimum atomic E-state index is -0.429. The number of esters is 1. The first-order valence-electron chi connectivity index (χ1n) is 9.18. The largest absolute Gasteiger partial charge is 0.467 e. The molecule has 3 heterocycles. The smallest absolute Gasteiger partial charge is 0.337 e. The molecule has 2 aliphatic rings. The Labute approximate surface area is 165 Å². The summed E-state index contributed by atoms with van der Waals surface area (Å²) in [5.74, 6) is 2.16. The van der Waals surface area contributed by atoms with Crippen molar-refractivity contribution in [2.45, 2.75) is 37.4 Å². The van der Waals surface area contributed by atoms with Gasteiger partial charge in [-0.25, -0.2) is 9.59 Å². The molecule has 0 bridgehead atoms. The van der Waals surface area contributed by atoms with E-state index in [1.165, 1.54) is 11.8 Å². The number of hydrogen-bond donors (Lipinski definition) is 2. The predicted molar refractivity (Wildman–Crippen MR) is 101 cm³/mol. The molecule has 148 valence electrons. The monoisotopic (exact) mass is 403 g/mol. The van der Waals surface area contributed by atoms with E-state index in [1.807, 2.05) is 12.1 Å². The van der Waals surface area contributed by atoms with Crippen molar-refractivity contribution in [2.24, 2.45) is 0 Å². The second kappa shape index (κ2) is 8.09. The fraction of sp³-hybridized carbons (Fsp3) is 0.444. The van der Waals surface area contributed by atoms with Crippen molar-refractivity contribution in [2.75, 3.05) is 18.9 Å². The standard InChI is InChI=1S/C18H21N5O4S/c1-2-26-16(24)13-8-19-17(25)20-14(13)10-28-18-22-21-15(11-5-6-11)23(18)9-12-4-3-7-27-12/h3-4,7,11H,2,5-6,8-10H2,1H3,(H2,19,20,25). The van der Waals surface area contributed by atoms with Gasteiger partial charge in [-0.1, -0.05) is 11.8 Å². The van der Waals surface area contributed by atoms with E-state index in [-0.39, 0.29) is 19.2 Å². The third-order valence-electron chi connectivity index (χ3n) is 4.50. The van der Waals surface area contributed by atoms with Crippen LogP contribution in [0.25, 0.3) is 0 Å². The van der Waals surface area contributed by atoms with Crippen LogP contribution in [0.1, 0.15) is 37.3 Å². The molecule has 0 saturated heterocycles. The number of thioether (sulfide) groups is 1. The Kier molecular flexibility index (Phi) is 5.38. The van der Waals surface area contributed by atoms with Crippen molar-refractivity contribution in [3.05, 3.63) is 41.3 Å². The normalized spacial score (nSPS) is 16.7. The van der Waals surface area contributed by atoms with Crippen LogP contribution in [0.15, 0.2) is 39.2 Å². The summed E-state index contributed by atoms with van der Waals surface area (Å²) in [5.41, 5.74) is 0.959. The molecule has 4 rings (SSSR count). The van der Waals surface area contributed by atoms with Crippen molar-refractivity contribution in [1.82, 2.24) is 25.4 Å². The van der Waals surface area contributed by atoms with Crippen molar-refractivity contribution < 1.29 is 18.7 Å². The number of amides is 2. The van der Waals surface area contributed by atoms with Gasteiger partial charge in [-0.15, -0.1) is 10.2 Å². The molecular formula is C18H21N5O4S. The highest BCUT2D eigenvalue weighted by atomic mass is 32.2. The second-order valence-corrected chi connectivity index (χ2v) is 7.50. The quantitative estimate of drug-likeness (QED) is 0.512. The zero-order valence-corrected chi connectivity index (χ0v) is 16.3. The third kappa shape index (κ3) is 4.06. The van der Waals surface area contributed by atoms with E-state index in [2.05, 4.69) is 25.4 Å². The zero-order chi connectivity index (χ0) is 19.5. The van der Waals surface area contributed by atoms with Crippen molar-refractivity contribution >= 4 is 23.8 Å². The van der Waals surface area contributed by atoms with E-state index in [9.17, 15) is 9.59 Å². The van der Waals surface area contributed by atoms with Gasteiger partial charge in [-0.3, -0.25) is 4.57 Å². The van der Waals surface area contributed by atoms with Gasteiger partial charge in [0.25, 0.3) is 0 Å². The van der Waals surface area contributed by atoms with E-state index in [0.717, 1.165) is 29.6 Å². The number of carbonyl (C=O) groups excluding carboxylic acids is 2. The Bertz CT molecular complexity index is 901. The number of ether oxygens (including phenoxy) is 1. The van der Waals surface area contributed by atoms with Gasteiger partial charge < -0.3 is 19.8 Å². The molecule has 28 heavy (non-hydrogen) atoms. The third-order valence-corrected chi connectivity index (χ3v) is 5.50. The van der Waals surface area contributed by atoms with E-state index >= 15 is 0 Å². The maximum Gasteiger partial charge on any atom is 0.337 e. The molecule has 1 saturated carbocycles. The first kappa shape index (κ1) is 18.6. The molecule has 1 aliphatic heterocycles. The molecule has 1 fully saturated rings. The SMILES string of the molecule is CCOC(=O)C1=C(CSc2nnc(C3CC3)n2Cc2ccco2)NC(=O)NC1. The summed E-state index contributed by atoms with van der Waals surface area (Å²) < 4.78 is 12.6. The zero-order valence-electron chi connectivity index (χ0n) is 15.4. The summed E-state index contributed by atoms with van der Waals surface area (Å²) in [4.78, 5) is 23.9. The van der Waals surface area contributed by atoms with Gasteiger partial charge in [-0.05, 0) is 31.9 Å². The van der Waals surface area contributed by atoms with Crippen LogP contribution in [-0.4, -0.2) is 45.7 Å². The average molecular weight is 403 g/mol. The topological polar surface area (TPSA) is 111 Å². The molecule has 2 aromatic rings. The number of urea groups is 1. The summed E-state index contributed by atoms with van der Waals surface area (Å²) in [6, 6.07) is 3.43. The molecule has 2 amide bonds. The van der Waals surface area contributed by atoms with E-state index < -0.39 is 5.97 Å². The predicted octanol–water partition coefficient (Wildman–Crippen LogP) is 2.02. The van der Waals surface area contributed by atoms with Gasteiger partial charge in [-0.2, -0.15) is 0 Å². The Balaban J connectivity index is 1.55. The minimum absolute atomic E-state index is 0.146. The lowest BCUT2D eigenvalue weighted by Gasteiger charge is -2.21. The lowest BCUT2D eigenvalue weighted by Crippen LogP contribution is -2.44. The summed E-state index contributed by atoms with van der Waals surface area (Å²) >= 11 is 1.42. The Morgan fingerprint density at radius 3 is 3.00 bits per heavy atom. The van der Waals surface area contributed by atoms with Crippen LogP contribution in [-0.2, 0) is 16.1 Å². The Hall–Kier alpha value is -2.75. The molecule has 9 nitrogen and oxygen atoms in total. The Morgan fingerprint density at radius 2 is 2.29 bits per heavy atom. The lowest BCUT2D eigenvalue weighted by molar-refractivity contribution is -0.138. The average Bonchev–Trinajstić information content (AvgIpc) is 3.24. The van der Waals surface area contributed by atoms with Crippen molar-refractivity contribution in [3.63, 3.8) is 0 Å². The fourth-order valence-corrected chi connectivity index (χ4v) is 3.90. The van der Waals surface area contributed by atoms with Crippen LogP contribution in [0.2, 0.25) is 0 Å². The number of rotatable bonds is 8. The van der Waals surface area contributed by atoms with Crippen molar-refractivity contribution in [3.8, 4) is 0 Å². The van der Waals surface area contributed by atoms with Crippen LogP contribution in [0.4, 0.5) is 4.79 Å². The highest BCUT2D eigenvalue weighted by Gasteiger charge is 2.31. The number of carbonyl (C=O) groups is 2. The molecule has 2 aromatic heterocycles. The number of nitrogens with one attached hydrogen (secondary N) is 2. The molecule has 0 aromatic carbocycles. The molecule has 0 atom stereocenters. The van der Waals surface area contributed by atoms with Gasteiger partial charge in [0.05, 0.1) is 31.5 Å². The first-order valence-corrected chi connectivity index (χ1v) is 10.2. The summed E-state index contributed by atoms with van der Waals surface area (Å²) in [6.07, 6.45) is 3.87. The lowest BCUT2D eigenvalue weighted by atomic mass is 10.2. The number of nitrogens with zero attached hydrogens (tertiary/aromatic N) is 3. The molecule has 10 heteroatoms. The molecule has 0 unspecified atom stereocenters. The summed E-state index contributed by atoms with van der Waals surface area (Å²) in [5, 5.41) is 14.7. The highest BCUT2D eigenvalue weighted by molar-refractivity contribution is 7.99. The summed E-state index contributed by atoms with van der Waals surface area (Å²) in [6.45, 7) is 2.72. The van der Waals surface area contributed by atoms with Crippen LogP contribution in [0, 0.1) is 0 Å². The van der Waals surface area contributed by atoms with E-state index in [1.54, 1.807) is 13.2 Å². The molecule has 0 spiro atoms. The molecule has 1 aliphatic carbocycles. The highest BCUT2D eigenvalue weighted by Crippen LogP contribution is 2.40. The van der Waals surface area contributed by atoms with Gasteiger partial charge in [0, 0.05) is 17.4 Å². The molecule has 0 radical (unpaired) electrons. The maximum absolute atomic E-state index is 12.2. The number of furan rings is 1. The number of hydrogen-bond acceptors (Lipinski definition) is 7. The van der Waals surface area contributed by atoms with Gasteiger partial charge in [0.2, 0.25) is 0 Å². The van der Waals surface area contributed by atoms with Crippen LogP contribution in [0.5, 0.6) is 0 Å². The van der Waals surface area contributed by atoms with Crippen LogP contribution >= 0.6 is 11.8 Å². The molecular weight excluding hydrogens is 382 g/mol. The summed E-state index contributed by atoms with van der Waals surface area (Å²) in [7, 11) is 0. The molecule has 2 N–H and O–H groups in total. The minimum Gasteiger partial charge on any atom is -0.467 e. The first-order chi connectivity index (χ1) is 13.7. The second-order valence-electron chi connectivity index (χ2n) is 6.55. The maximum atomic E-state index is 12.2. The van der Waals surface area contributed by atoms with Gasteiger partial charge in [0.1, 0.15) is 11.6 Å². The van der Waals surface area contributed by atoms with E-state index in [4.69, 9.17) is 9.15 Å². The van der Waals surface area contributed by atoms with E-state index in [0.29, 0.717) is 29.5 Å².